The standard InChI is InChI=1S/C13H18N2O3S/c14-11-7-10(5-6-12(11)16)19(17,18)15-13(8-1-2-8)9-3-4-9/h5-9,13,15-16H,1-4,14H2. The average Bonchev–Trinajstić information content (AvgIpc) is 3.23. The predicted molar refractivity (Wildman–Crippen MR) is 72.1 cm³/mol. The number of phenols is 1. The lowest BCUT2D eigenvalue weighted by atomic mass is 10.1. The summed E-state index contributed by atoms with van der Waals surface area (Å²) in [4.78, 5) is 0.120. The second-order valence-electron chi connectivity index (χ2n) is 5.54. The first-order valence-electron chi connectivity index (χ1n) is 6.58. The Labute approximate surface area is 112 Å². The average molecular weight is 282 g/mol. The second-order valence-corrected chi connectivity index (χ2v) is 7.26. The van der Waals surface area contributed by atoms with E-state index in [4.69, 9.17) is 5.73 Å². The molecule has 1 aromatic carbocycles. The maximum absolute atomic E-state index is 12.3. The number of benzene rings is 1. The number of aromatic hydroxyl groups is 1. The van der Waals surface area contributed by atoms with Crippen LogP contribution in [0.25, 0.3) is 0 Å². The van der Waals surface area contributed by atoms with Gasteiger partial charge in [0.2, 0.25) is 10.0 Å². The molecule has 3 rings (SSSR count). The number of rotatable bonds is 5. The van der Waals surface area contributed by atoms with Crippen molar-refractivity contribution in [3.05, 3.63) is 18.2 Å². The van der Waals surface area contributed by atoms with Crippen molar-refractivity contribution in [3.63, 3.8) is 0 Å². The van der Waals surface area contributed by atoms with Gasteiger partial charge in [0.15, 0.2) is 0 Å². The molecule has 0 saturated heterocycles. The molecule has 19 heavy (non-hydrogen) atoms. The topological polar surface area (TPSA) is 92.4 Å². The van der Waals surface area contributed by atoms with Gasteiger partial charge in [0.1, 0.15) is 5.75 Å². The molecule has 0 spiro atoms. The van der Waals surface area contributed by atoms with Gasteiger partial charge in [-0.25, -0.2) is 13.1 Å². The Hall–Kier alpha value is -1.27. The van der Waals surface area contributed by atoms with E-state index in [0.29, 0.717) is 11.8 Å². The van der Waals surface area contributed by atoms with Crippen molar-refractivity contribution >= 4 is 15.7 Å². The van der Waals surface area contributed by atoms with Crippen LogP contribution in [0.2, 0.25) is 0 Å². The number of nitrogen functional groups attached to an aromatic ring is 1. The van der Waals surface area contributed by atoms with Crippen LogP contribution in [0.5, 0.6) is 5.75 Å². The Balaban J connectivity index is 1.82. The Kier molecular flexibility index (Phi) is 2.94. The minimum atomic E-state index is -3.55. The van der Waals surface area contributed by atoms with Crippen LogP contribution in [0.4, 0.5) is 5.69 Å². The quantitative estimate of drug-likeness (QED) is 0.563. The molecule has 0 amide bonds. The number of phenolic OH excluding ortho intramolecular Hbond substituents is 1. The Morgan fingerprint density at radius 1 is 1.21 bits per heavy atom. The van der Waals surface area contributed by atoms with Gasteiger partial charge in [-0.1, -0.05) is 0 Å². The van der Waals surface area contributed by atoms with Crippen molar-refractivity contribution in [3.8, 4) is 5.75 Å². The van der Waals surface area contributed by atoms with E-state index in [1.54, 1.807) is 0 Å². The fraction of sp³-hybridized carbons (Fsp3) is 0.538. The van der Waals surface area contributed by atoms with E-state index in [2.05, 4.69) is 4.72 Å². The monoisotopic (exact) mass is 282 g/mol. The highest BCUT2D eigenvalue weighted by Crippen LogP contribution is 2.45. The lowest BCUT2D eigenvalue weighted by molar-refractivity contribution is 0.470. The van der Waals surface area contributed by atoms with Crippen LogP contribution in [0, 0.1) is 11.8 Å². The van der Waals surface area contributed by atoms with Gasteiger partial charge >= 0.3 is 0 Å². The maximum atomic E-state index is 12.3. The number of hydrogen-bond acceptors (Lipinski definition) is 4. The van der Waals surface area contributed by atoms with Gasteiger partial charge in [-0.3, -0.25) is 0 Å². The van der Waals surface area contributed by atoms with Crippen molar-refractivity contribution in [2.45, 2.75) is 36.6 Å². The lowest BCUT2D eigenvalue weighted by Gasteiger charge is -2.18. The molecule has 0 radical (unpaired) electrons. The molecule has 0 heterocycles. The minimum Gasteiger partial charge on any atom is -0.506 e. The summed E-state index contributed by atoms with van der Waals surface area (Å²) in [5.74, 6) is 0.897. The molecular weight excluding hydrogens is 264 g/mol. The molecule has 5 nitrogen and oxygen atoms in total. The van der Waals surface area contributed by atoms with Crippen LogP contribution in [0.3, 0.4) is 0 Å². The van der Waals surface area contributed by atoms with Crippen molar-refractivity contribution in [2.75, 3.05) is 5.73 Å². The normalized spacial score (nSPS) is 19.8. The van der Waals surface area contributed by atoms with E-state index >= 15 is 0 Å². The SMILES string of the molecule is Nc1cc(S(=O)(=O)NC(C2CC2)C2CC2)ccc1O. The summed E-state index contributed by atoms with van der Waals surface area (Å²) in [6.45, 7) is 0. The Morgan fingerprint density at radius 2 is 1.79 bits per heavy atom. The number of hydrogen-bond donors (Lipinski definition) is 3. The van der Waals surface area contributed by atoms with Gasteiger partial charge in [0.05, 0.1) is 10.6 Å². The van der Waals surface area contributed by atoms with Gasteiger partial charge in [-0.2, -0.15) is 0 Å². The number of nitrogens with two attached hydrogens (primary N) is 1. The second kappa shape index (κ2) is 4.38. The van der Waals surface area contributed by atoms with E-state index in [9.17, 15) is 13.5 Å². The summed E-state index contributed by atoms with van der Waals surface area (Å²) in [5, 5.41) is 9.35. The zero-order valence-electron chi connectivity index (χ0n) is 10.5. The molecule has 0 unspecified atom stereocenters. The summed E-state index contributed by atoms with van der Waals surface area (Å²) in [7, 11) is -3.55. The van der Waals surface area contributed by atoms with Gasteiger partial charge in [-0.05, 0) is 55.7 Å². The molecule has 2 saturated carbocycles. The first kappa shape index (κ1) is 12.7. The minimum absolute atomic E-state index is 0.0695. The van der Waals surface area contributed by atoms with E-state index in [-0.39, 0.29) is 22.4 Å². The summed E-state index contributed by atoms with van der Waals surface area (Å²) < 4.78 is 27.5. The van der Waals surface area contributed by atoms with Crippen LogP contribution < -0.4 is 10.5 Å². The summed E-state index contributed by atoms with van der Waals surface area (Å²) >= 11 is 0. The summed E-state index contributed by atoms with van der Waals surface area (Å²) in [6.07, 6.45) is 4.45. The fourth-order valence-corrected chi connectivity index (χ4v) is 3.84. The van der Waals surface area contributed by atoms with Crippen LogP contribution in [-0.2, 0) is 10.0 Å². The zero-order valence-corrected chi connectivity index (χ0v) is 11.4. The smallest absolute Gasteiger partial charge is 0.240 e. The molecule has 0 atom stereocenters. The molecule has 4 N–H and O–H groups in total. The van der Waals surface area contributed by atoms with Crippen LogP contribution in [-0.4, -0.2) is 19.6 Å². The molecular formula is C13H18N2O3S. The molecule has 0 aliphatic heterocycles. The first-order chi connectivity index (χ1) is 8.97. The Morgan fingerprint density at radius 3 is 2.26 bits per heavy atom. The molecule has 2 aliphatic carbocycles. The lowest BCUT2D eigenvalue weighted by Crippen LogP contribution is -2.38. The largest absolute Gasteiger partial charge is 0.506 e. The Bertz CT molecular complexity index is 580. The van der Waals surface area contributed by atoms with E-state index in [1.165, 1.54) is 18.2 Å². The highest BCUT2D eigenvalue weighted by molar-refractivity contribution is 7.89. The van der Waals surface area contributed by atoms with Gasteiger partial charge in [-0.15, -0.1) is 0 Å². The van der Waals surface area contributed by atoms with Gasteiger partial charge in [0.25, 0.3) is 0 Å². The zero-order chi connectivity index (χ0) is 13.6. The van der Waals surface area contributed by atoms with E-state index < -0.39 is 10.0 Å². The van der Waals surface area contributed by atoms with Crippen LogP contribution >= 0.6 is 0 Å². The van der Waals surface area contributed by atoms with Crippen molar-refractivity contribution in [1.82, 2.24) is 4.72 Å². The molecule has 0 bridgehead atoms. The van der Waals surface area contributed by atoms with E-state index in [0.717, 1.165) is 25.7 Å². The third-order valence-corrected chi connectivity index (χ3v) is 5.32. The highest BCUT2D eigenvalue weighted by atomic mass is 32.2. The van der Waals surface area contributed by atoms with Crippen molar-refractivity contribution in [1.29, 1.82) is 0 Å². The number of anilines is 1. The van der Waals surface area contributed by atoms with Crippen LogP contribution in [0.15, 0.2) is 23.1 Å². The molecule has 2 fully saturated rings. The van der Waals surface area contributed by atoms with E-state index in [1.807, 2.05) is 0 Å². The summed E-state index contributed by atoms with van der Waals surface area (Å²) in [5.41, 5.74) is 5.63. The van der Waals surface area contributed by atoms with Crippen molar-refractivity contribution < 1.29 is 13.5 Å². The summed E-state index contributed by atoms with van der Waals surface area (Å²) in [6, 6.07) is 4.06. The predicted octanol–water partition coefficient (Wildman–Crippen LogP) is 1.44. The van der Waals surface area contributed by atoms with Gasteiger partial charge < -0.3 is 10.8 Å². The van der Waals surface area contributed by atoms with Crippen LogP contribution in [0.1, 0.15) is 25.7 Å². The molecule has 2 aliphatic rings. The number of nitrogens with one attached hydrogen (secondary N) is 1. The highest BCUT2D eigenvalue weighted by Gasteiger charge is 2.43. The molecule has 0 aromatic heterocycles. The maximum Gasteiger partial charge on any atom is 0.240 e. The first-order valence-corrected chi connectivity index (χ1v) is 8.06. The van der Waals surface area contributed by atoms with Gasteiger partial charge in [0, 0.05) is 6.04 Å². The third kappa shape index (κ3) is 2.69. The molecule has 6 heteroatoms. The fourth-order valence-electron chi connectivity index (χ4n) is 2.43. The molecule has 1 aromatic rings. The third-order valence-electron chi connectivity index (χ3n) is 3.86. The molecule has 104 valence electrons. The van der Waals surface area contributed by atoms with Crippen molar-refractivity contribution in [2.24, 2.45) is 11.8 Å². The number of sulfonamides is 1.